The highest BCUT2D eigenvalue weighted by Crippen LogP contribution is 2.14. The molecular weight excluding hydrogens is 228 g/mol. The molecule has 0 atom stereocenters. The van der Waals surface area contributed by atoms with E-state index in [1.54, 1.807) is 0 Å². The van der Waals surface area contributed by atoms with Gasteiger partial charge in [-0.15, -0.1) is 5.06 Å². The Labute approximate surface area is 95.7 Å². The van der Waals surface area contributed by atoms with Gasteiger partial charge < -0.3 is 4.84 Å². The number of hydrogen-bond donors (Lipinski definition) is 0. The predicted octanol–water partition coefficient (Wildman–Crippen LogP) is 1.05. The van der Waals surface area contributed by atoms with Gasteiger partial charge in [0, 0.05) is 12.8 Å². The zero-order valence-electron chi connectivity index (χ0n) is 8.68. The molecule has 88 valence electrons. The molecule has 2 rings (SSSR count). The molecule has 1 fully saturated rings. The Morgan fingerprint density at radius 1 is 1.12 bits per heavy atom. The van der Waals surface area contributed by atoms with E-state index in [2.05, 4.69) is 4.84 Å². The fourth-order valence-corrected chi connectivity index (χ4v) is 1.38. The Kier molecular flexibility index (Phi) is 2.86. The van der Waals surface area contributed by atoms with Crippen LogP contribution >= 0.6 is 0 Å². The molecule has 0 N–H and O–H groups in total. The second kappa shape index (κ2) is 4.32. The van der Waals surface area contributed by atoms with Crippen LogP contribution < -0.4 is 0 Å². The van der Waals surface area contributed by atoms with Crippen LogP contribution in [0.15, 0.2) is 24.3 Å². The van der Waals surface area contributed by atoms with Crippen LogP contribution in [0, 0.1) is 5.82 Å². The van der Waals surface area contributed by atoms with Crippen molar-refractivity contribution in [3.8, 4) is 0 Å². The van der Waals surface area contributed by atoms with Crippen LogP contribution in [0.4, 0.5) is 4.39 Å². The largest absolute Gasteiger partial charge is 0.363 e. The Balaban J connectivity index is 2.09. The van der Waals surface area contributed by atoms with E-state index in [0.717, 1.165) is 12.1 Å². The normalized spacial score (nSPS) is 15.2. The monoisotopic (exact) mass is 236 g/mol. The number of benzene rings is 1. The number of carbonyl (C=O) groups is 3. The minimum Gasteiger partial charge on any atom is -0.325 e. The molecule has 1 heterocycles. The fraction of sp³-hybridized carbons (Fsp3) is 0.182. The number of hydroxylamine groups is 2. The minimum atomic E-state index is -0.867. The smallest absolute Gasteiger partial charge is 0.325 e. The number of carbonyl (C=O) groups excluding carboxylic acids is 3. The van der Waals surface area contributed by atoms with Crippen molar-refractivity contribution in [2.45, 2.75) is 12.8 Å². The summed E-state index contributed by atoms with van der Waals surface area (Å²) in [7, 11) is 0. The lowest BCUT2D eigenvalue weighted by Gasteiger charge is -2.12. The van der Waals surface area contributed by atoms with Gasteiger partial charge in [0.25, 0.3) is 11.8 Å². The summed E-state index contributed by atoms with van der Waals surface area (Å²) in [5.41, 5.74) is 0.0684. The van der Waals surface area contributed by atoms with Gasteiger partial charge in [-0.3, -0.25) is 9.59 Å². The molecule has 1 aromatic carbocycles. The maximum atomic E-state index is 12.6. The van der Waals surface area contributed by atoms with Crippen molar-refractivity contribution in [1.82, 2.24) is 5.06 Å². The topological polar surface area (TPSA) is 63.7 Å². The van der Waals surface area contributed by atoms with Crippen LogP contribution in [0.1, 0.15) is 23.2 Å². The van der Waals surface area contributed by atoms with E-state index >= 15 is 0 Å². The molecule has 0 saturated carbocycles. The number of hydrogen-bond acceptors (Lipinski definition) is 4. The zero-order valence-corrected chi connectivity index (χ0v) is 8.68. The second-order valence-corrected chi connectivity index (χ2v) is 3.47. The van der Waals surface area contributed by atoms with Gasteiger partial charge in [0.05, 0.1) is 5.56 Å². The molecule has 0 radical (unpaired) electrons. The first-order valence-corrected chi connectivity index (χ1v) is 4.91. The van der Waals surface area contributed by atoms with E-state index in [-0.39, 0.29) is 18.4 Å². The first-order valence-electron chi connectivity index (χ1n) is 4.91. The van der Waals surface area contributed by atoms with E-state index in [0.29, 0.717) is 5.06 Å². The highest BCUT2D eigenvalue weighted by Gasteiger charge is 2.33. The van der Waals surface area contributed by atoms with E-state index in [4.69, 9.17) is 0 Å². The molecule has 1 aromatic rings. The number of rotatable bonds is 2. The molecule has 1 saturated heterocycles. The summed E-state index contributed by atoms with van der Waals surface area (Å²) in [6.07, 6.45) is 0.0745. The molecule has 0 bridgehead atoms. The number of halogens is 1. The van der Waals surface area contributed by atoms with Crippen LogP contribution in [0.5, 0.6) is 0 Å². The number of imide groups is 1. The van der Waals surface area contributed by atoms with E-state index in [1.807, 2.05) is 0 Å². The Morgan fingerprint density at radius 2 is 1.65 bits per heavy atom. The van der Waals surface area contributed by atoms with Gasteiger partial charge in [-0.2, -0.15) is 0 Å². The van der Waals surface area contributed by atoms with Crippen molar-refractivity contribution in [2.24, 2.45) is 0 Å². The maximum Gasteiger partial charge on any atom is 0.363 e. The van der Waals surface area contributed by atoms with Gasteiger partial charge in [-0.25, -0.2) is 9.18 Å². The van der Waals surface area contributed by atoms with Gasteiger partial charge in [-0.1, -0.05) is 0 Å². The molecule has 1 aliphatic heterocycles. The summed E-state index contributed by atoms with van der Waals surface area (Å²) >= 11 is 0. The molecular formula is C11H8FNO4. The number of nitrogens with zero attached hydrogens (tertiary/aromatic N) is 1. The molecule has 5 nitrogen and oxygen atoms in total. The fourth-order valence-electron chi connectivity index (χ4n) is 1.38. The molecule has 0 aromatic heterocycles. The zero-order chi connectivity index (χ0) is 12.4. The Hall–Kier alpha value is -2.24. The van der Waals surface area contributed by atoms with E-state index in [9.17, 15) is 18.8 Å². The summed E-state index contributed by atoms with van der Waals surface area (Å²) in [5, 5.41) is 0.450. The van der Waals surface area contributed by atoms with Crippen molar-refractivity contribution in [3.63, 3.8) is 0 Å². The van der Waals surface area contributed by atoms with Crippen LogP contribution in [0.25, 0.3) is 0 Å². The quantitative estimate of drug-likeness (QED) is 0.720. The predicted molar refractivity (Wildman–Crippen MR) is 52.9 cm³/mol. The van der Waals surface area contributed by atoms with E-state index < -0.39 is 23.6 Å². The van der Waals surface area contributed by atoms with Gasteiger partial charge in [0.15, 0.2) is 0 Å². The Morgan fingerprint density at radius 3 is 2.18 bits per heavy atom. The van der Waals surface area contributed by atoms with Gasteiger partial charge in [-0.05, 0) is 24.3 Å². The summed E-state index contributed by atoms with van der Waals surface area (Å²) in [4.78, 5) is 38.5. The molecule has 0 unspecified atom stereocenters. The highest BCUT2D eigenvalue weighted by molar-refractivity contribution is 6.02. The molecule has 1 aliphatic rings. The van der Waals surface area contributed by atoms with Crippen LogP contribution in [0.2, 0.25) is 0 Å². The summed E-state index contributed by atoms with van der Waals surface area (Å²) in [5.74, 6) is -2.46. The minimum absolute atomic E-state index is 0.0372. The summed E-state index contributed by atoms with van der Waals surface area (Å²) < 4.78 is 12.6. The third kappa shape index (κ3) is 2.30. The van der Waals surface area contributed by atoms with Gasteiger partial charge >= 0.3 is 5.97 Å². The first kappa shape index (κ1) is 11.3. The van der Waals surface area contributed by atoms with Crippen LogP contribution in [-0.2, 0) is 14.4 Å². The maximum absolute atomic E-state index is 12.6. The highest BCUT2D eigenvalue weighted by atomic mass is 18.2. The van der Waals surface area contributed by atoms with Crippen molar-refractivity contribution in [1.29, 1.82) is 0 Å². The number of amides is 2. The molecule has 17 heavy (non-hydrogen) atoms. The SMILES string of the molecule is O=C(ON1C(=O)CCC1=O)c1ccc([18F])cc1. The van der Waals surface area contributed by atoms with Gasteiger partial charge in [0.1, 0.15) is 5.82 Å². The second-order valence-electron chi connectivity index (χ2n) is 3.47. The first-order chi connectivity index (χ1) is 8.08. The van der Waals surface area contributed by atoms with Gasteiger partial charge in [0.2, 0.25) is 0 Å². The molecule has 2 amide bonds. The average molecular weight is 236 g/mol. The Bertz CT molecular complexity index is 467. The lowest BCUT2D eigenvalue weighted by atomic mass is 10.2. The standard InChI is InChI=1S/C11H8FNO4/c12-8-3-1-7(2-4-8)11(16)17-13-9(14)5-6-10(13)15/h1-4H,5-6H2/i12-1. The summed E-state index contributed by atoms with van der Waals surface area (Å²) in [6.45, 7) is 0. The van der Waals surface area contributed by atoms with Crippen LogP contribution in [-0.4, -0.2) is 22.8 Å². The average Bonchev–Trinajstić information content (AvgIpc) is 2.61. The van der Waals surface area contributed by atoms with Crippen LogP contribution in [0.3, 0.4) is 0 Å². The lowest BCUT2D eigenvalue weighted by Crippen LogP contribution is -2.32. The summed E-state index contributed by atoms with van der Waals surface area (Å²) in [6, 6.07) is 4.60. The van der Waals surface area contributed by atoms with Crippen molar-refractivity contribution in [3.05, 3.63) is 35.6 Å². The van der Waals surface area contributed by atoms with Crippen molar-refractivity contribution in [2.75, 3.05) is 0 Å². The third-order valence-corrected chi connectivity index (χ3v) is 2.26. The molecule has 0 aliphatic carbocycles. The third-order valence-electron chi connectivity index (χ3n) is 2.26. The lowest BCUT2D eigenvalue weighted by molar-refractivity contribution is -0.172. The molecule has 0 spiro atoms. The molecule has 6 heteroatoms. The van der Waals surface area contributed by atoms with Crippen molar-refractivity contribution < 1.29 is 23.6 Å². The van der Waals surface area contributed by atoms with Crippen molar-refractivity contribution >= 4 is 17.8 Å². The van der Waals surface area contributed by atoms with E-state index in [1.165, 1.54) is 12.1 Å².